The van der Waals surface area contributed by atoms with Crippen LogP contribution in [-0.4, -0.2) is 11.8 Å². The molecule has 0 aromatic heterocycles. The molecule has 0 saturated heterocycles. The van der Waals surface area contributed by atoms with Gasteiger partial charge in [0.1, 0.15) is 0 Å². The van der Waals surface area contributed by atoms with Crippen LogP contribution in [0.15, 0.2) is 59.7 Å². The van der Waals surface area contributed by atoms with Gasteiger partial charge in [-0.2, -0.15) is 0 Å². The number of nitrogens with one attached hydrogen (secondary N) is 2. The molecule has 0 bridgehead atoms. The summed E-state index contributed by atoms with van der Waals surface area (Å²) in [5.74, 6) is -0.531. The molecule has 4 nitrogen and oxygen atoms in total. The third-order valence-corrected chi connectivity index (χ3v) is 5.13. The molecular formula is C22H19ClN2O2. The second-order valence-electron chi connectivity index (χ2n) is 6.72. The monoisotopic (exact) mass is 378 g/mol. The van der Waals surface area contributed by atoms with E-state index in [9.17, 15) is 9.59 Å². The highest BCUT2D eigenvalue weighted by Gasteiger charge is 2.40. The lowest BCUT2D eigenvalue weighted by Gasteiger charge is -2.08. The number of carbonyl (C=O) groups is 2. The van der Waals surface area contributed by atoms with Gasteiger partial charge in [-0.3, -0.25) is 9.59 Å². The topological polar surface area (TPSA) is 58.2 Å². The van der Waals surface area contributed by atoms with Crippen LogP contribution in [0.1, 0.15) is 36.5 Å². The number of carbonyl (C=O) groups excluding carboxylic acids is 2. The minimum atomic E-state index is -0.265. The maximum Gasteiger partial charge on any atom is 0.258 e. The van der Waals surface area contributed by atoms with E-state index in [0.29, 0.717) is 27.6 Å². The van der Waals surface area contributed by atoms with Crippen LogP contribution in [0.2, 0.25) is 5.02 Å². The predicted molar refractivity (Wildman–Crippen MR) is 107 cm³/mol. The summed E-state index contributed by atoms with van der Waals surface area (Å²) in [4.78, 5) is 25.2. The van der Waals surface area contributed by atoms with Crippen molar-refractivity contribution in [3.05, 3.63) is 81.4 Å². The van der Waals surface area contributed by atoms with E-state index in [2.05, 4.69) is 29.7 Å². The SMILES string of the molecule is CCCCc1ccc(C2=C3C(=O)NC(c4ccc(Cl)cc4)=C3C(=O)N2)cc1. The van der Waals surface area contributed by atoms with Crippen LogP contribution in [0.4, 0.5) is 0 Å². The lowest BCUT2D eigenvalue weighted by Crippen LogP contribution is -2.21. The van der Waals surface area contributed by atoms with Gasteiger partial charge >= 0.3 is 0 Å². The van der Waals surface area contributed by atoms with Crippen molar-refractivity contribution in [1.29, 1.82) is 0 Å². The maximum atomic E-state index is 12.6. The molecule has 0 aliphatic carbocycles. The van der Waals surface area contributed by atoms with Crippen molar-refractivity contribution in [2.75, 3.05) is 0 Å². The molecule has 136 valence electrons. The molecule has 0 saturated carbocycles. The van der Waals surface area contributed by atoms with Crippen molar-refractivity contribution < 1.29 is 9.59 Å². The van der Waals surface area contributed by atoms with E-state index in [4.69, 9.17) is 11.6 Å². The number of rotatable bonds is 5. The molecule has 2 aliphatic rings. The minimum absolute atomic E-state index is 0.265. The minimum Gasteiger partial charge on any atom is -0.321 e. The van der Waals surface area contributed by atoms with E-state index in [-0.39, 0.29) is 11.8 Å². The van der Waals surface area contributed by atoms with Gasteiger partial charge in [-0.1, -0.05) is 61.3 Å². The van der Waals surface area contributed by atoms with Crippen molar-refractivity contribution in [3.8, 4) is 0 Å². The Hall–Kier alpha value is -2.85. The van der Waals surface area contributed by atoms with E-state index in [1.807, 2.05) is 12.1 Å². The quantitative estimate of drug-likeness (QED) is 0.824. The standard InChI is InChI=1S/C22H19ClN2O2/c1-2-3-4-13-5-7-14(8-6-13)19-17-18(22(27)24-19)20(25-21(17)26)15-9-11-16(23)12-10-15/h5-12H,2-4H2,1H3,(H,24,27)(H,25,26). The molecule has 2 aliphatic heterocycles. The van der Waals surface area contributed by atoms with E-state index in [0.717, 1.165) is 30.4 Å². The average Bonchev–Trinajstić information content (AvgIpc) is 3.20. The van der Waals surface area contributed by atoms with Crippen molar-refractivity contribution >= 4 is 34.8 Å². The van der Waals surface area contributed by atoms with Gasteiger partial charge in [0.05, 0.1) is 22.5 Å². The smallest absolute Gasteiger partial charge is 0.258 e. The van der Waals surface area contributed by atoms with Gasteiger partial charge in [0, 0.05) is 5.02 Å². The largest absolute Gasteiger partial charge is 0.321 e. The normalized spacial score (nSPS) is 15.9. The fourth-order valence-corrected chi connectivity index (χ4v) is 3.58. The fourth-order valence-electron chi connectivity index (χ4n) is 3.45. The predicted octanol–water partition coefficient (Wildman–Crippen LogP) is 4.06. The Bertz CT molecular complexity index is 986. The maximum absolute atomic E-state index is 12.6. The van der Waals surface area contributed by atoms with Gasteiger partial charge in [0.2, 0.25) is 0 Å². The third kappa shape index (κ3) is 3.17. The molecule has 0 spiro atoms. The van der Waals surface area contributed by atoms with Gasteiger partial charge in [0.15, 0.2) is 0 Å². The molecule has 5 heteroatoms. The number of hydrogen-bond acceptors (Lipinski definition) is 2. The van der Waals surface area contributed by atoms with E-state index < -0.39 is 0 Å². The Morgan fingerprint density at radius 1 is 0.778 bits per heavy atom. The molecule has 27 heavy (non-hydrogen) atoms. The van der Waals surface area contributed by atoms with Crippen LogP contribution in [0.5, 0.6) is 0 Å². The van der Waals surface area contributed by atoms with Crippen molar-refractivity contribution in [2.45, 2.75) is 26.2 Å². The number of fused-ring (bicyclic) bond motifs is 1. The number of unbranched alkanes of at least 4 members (excludes halogenated alkanes) is 1. The number of aryl methyl sites for hydroxylation is 1. The molecule has 0 atom stereocenters. The molecule has 2 N–H and O–H groups in total. The molecule has 0 unspecified atom stereocenters. The zero-order valence-electron chi connectivity index (χ0n) is 14.9. The number of hydrogen-bond donors (Lipinski definition) is 2. The highest BCUT2D eigenvalue weighted by Crippen LogP contribution is 2.37. The Labute approximate surface area is 162 Å². The summed E-state index contributed by atoms with van der Waals surface area (Å²) in [5.41, 5.74) is 4.74. The van der Waals surface area contributed by atoms with Gasteiger partial charge in [-0.05, 0) is 41.7 Å². The fraction of sp³-hybridized carbons (Fsp3) is 0.182. The Balaban J connectivity index is 1.74. The highest BCUT2D eigenvalue weighted by molar-refractivity contribution is 6.31. The van der Waals surface area contributed by atoms with Crippen LogP contribution < -0.4 is 10.6 Å². The van der Waals surface area contributed by atoms with Gasteiger partial charge < -0.3 is 10.6 Å². The number of halogens is 1. The highest BCUT2D eigenvalue weighted by atomic mass is 35.5. The Morgan fingerprint density at radius 2 is 1.26 bits per heavy atom. The average molecular weight is 379 g/mol. The summed E-state index contributed by atoms with van der Waals surface area (Å²) in [6, 6.07) is 15.1. The molecule has 2 heterocycles. The first kappa shape index (κ1) is 17.6. The van der Waals surface area contributed by atoms with Gasteiger partial charge in [-0.15, -0.1) is 0 Å². The molecule has 0 fully saturated rings. The number of amides is 2. The summed E-state index contributed by atoms with van der Waals surface area (Å²) in [6.07, 6.45) is 3.32. The van der Waals surface area contributed by atoms with Gasteiger partial charge in [-0.25, -0.2) is 0 Å². The lowest BCUT2D eigenvalue weighted by atomic mass is 10.0. The first-order valence-corrected chi connectivity index (χ1v) is 9.43. The van der Waals surface area contributed by atoms with Crippen LogP contribution in [0.3, 0.4) is 0 Å². The third-order valence-electron chi connectivity index (χ3n) is 4.88. The Morgan fingerprint density at radius 3 is 1.74 bits per heavy atom. The Kier molecular flexibility index (Phi) is 4.58. The first-order valence-electron chi connectivity index (χ1n) is 9.05. The lowest BCUT2D eigenvalue weighted by molar-refractivity contribution is -0.117. The van der Waals surface area contributed by atoms with E-state index >= 15 is 0 Å². The first-order chi connectivity index (χ1) is 13.1. The summed E-state index contributed by atoms with van der Waals surface area (Å²) in [5, 5.41) is 6.31. The molecule has 0 radical (unpaired) electrons. The summed E-state index contributed by atoms with van der Waals surface area (Å²) in [6.45, 7) is 2.17. The molecule has 2 amide bonds. The summed E-state index contributed by atoms with van der Waals surface area (Å²) < 4.78 is 0. The van der Waals surface area contributed by atoms with Crippen molar-refractivity contribution in [1.82, 2.24) is 10.6 Å². The second kappa shape index (κ2) is 7.05. The van der Waals surface area contributed by atoms with E-state index in [1.165, 1.54) is 5.56 Å². The molecule has 2 aromatic rings. The number of benzene rings is 2. The van der Waals surface area contributed by atoms with E-state index in [1.54, 1.807) is 24.3 Å². The van der Waals surface area contributed by atoms with Crippen LogP contribution in [0, 0.1) is 0 Å². The summed E-state index contributed by atoms with van der Waals surface area (Å²) >= 11 is 5.94. The van der Waals surface area contributed by atoms with Crippen molar-refractivity contribution in [2.24, 2.45) is 0 Å². The zero-order valence-corrected chi connectivity index (χ0v) is 15.7. The van der Waals surface area contributed by atoms with Crippen LogP contribution in [-0.2, 0) is 16.0 Å². The second-order valence-corrected chi connectivity index (χ2v) is 7.15. The molecular weight excluding hydrogens is 360 g/mol. The zero-order chi connectivity index (χ0) is 19.0. The molecule has 2 aromatic carbocycles. The van der Waals surface area contributed by atoms with Crippen LogP contribution >= 0.6 is 11.6 Å². The van der Waals surface area contributed by atoms with Crippen molar-refractivity contribution in [3.63, 3.8) is 0 Å². The van der Waals surface area contributed by atoms with Gasteiger partial charge in [0.25, 0.3) is 11.8 Å². The van der Waals surface area contributed by atoms with Crippen LogP contribution in [0.25, 0.3) is 11.4 Å². The molecule has 4 rings (SSSR count). The summed E-state index contributed by atoms with van der Waals surface area (Å²) in [7, 11) is 0.